The second-order valence-electron chi connectivity index (χ2n) is 5.54. The van der Waals surface area contributed by atoms with Crippen molar-refractivity contribution in [2.75, 3.05) is 26.0 Å². The van der Waals surface area contributed by atoms with Gasteiger partial charge in [0, 0.05) is 30.4 Å². The molecule has 1 rings (SSSR count). The zero-order valence-electron chi connectivity index (χ0n) is 12.1. The summed E-state index contributed by atoms with van der Waals surface area (Å²) in [6.45, 7) is 5.26. The standard InChI is InChI=1S/C14H23N3O2/c1-11(2)8-13(10-16(3)4)15-12-6-5-7-14(9-12)17(18)19/h5-7,9,11,13,15H,8,10H2,1-4H3. The van der Waals surface area contributed by atoms with Gasteiger partial charge in [-0.2, -0.15) is 0 Å². The van der Waals surface area contributed by atoms with Crippen LogP contribution in [0.5, 0.6) is 0 Å². The van der Waals surface area contributed by atoms with E-state index < -0.39 is 0 Å². The monoisotopic (exact) mass is 265 g/mol. The second-order valence-corrected chi connectivity index (χ2v) is 5.54. The number of nitrogens with zero attached hydrogens (tertiary/aromatic N) is 2. The van der Waals surface area contributed by atoms with Crippen molar-refractivity contribution in [1.82, 2.24) is 4.90 Å². The van der Waals surface area contributed by atoms with Crippen LogP contribution in [0.25, 0.3) is 0 Å². The third-order valence-corrected chi connectivity index (χ3v) is 2.77. The molecule has 0 bridgehead atoms. The van der Waals surface area contributed by atoms with Crippen LogP contribution in [0.1, 0.15) is 20.3 Å². The number of anilines is 1. The number of hydrogen-bond donors (Lipinski definition) is 1. The van der Waals surface area contributed by atoms with Gasteiger partial charge >= 0.3 is 0 Å². The summed E-state index contributed by atoms with van der Waals surface area (Å²) in [5.41, 5.74) is 0.930. The van der Waals surface area contributed by atoms with Crippen molar-refractivity contribution in [3.05, 3.63) is 34.4 Å². The van der Waals surface area contributed by atoms with E-state index in [9.17, 15) is 10.1 Å². The summed E-state index contributed by atoms with van der Waals surface area (Å²) in [6, 6.07) is 6.97. The van der Waals surface area contributed by atoms with Gasteiger partial charge in [0.05, 0.1) is 4.92 Å². The quantitative estimate of drug-likeness (QED) is 0.608. The van der Waals surface area contributed by atoms with Crippen LogP contribution in [0.2, 0.25) is 0 Å². The van der Waals surface area contributed by atoms with Gasteiger partial charge in [0.1, 0.15) is 0 Å². The highest BCUT2D eigenvalue weighted by Gasteiger charge is 2.13. The van der Waals surface area contributed by atoms with Crippen LogP contribution >= 0.6 is 0 Å². The summed E-state index contributed by atoms with van der Waals surface area (Å²) in [5, 5.41) is 14.2. The first-order valence-electron chi connectivity index (χ1n) is 6.54. The van der Waals surface area contributed by atoms with Crippen LogP contribution < -0.4 is 5.32 Å². The van der Waals surface area contributed by atoms with Gasteiger partial charge in [-0.05, 0) is 32.5 Å². The Labute approximate surface area is 114 Å². The summed E-state index contributed by atoms with van der Waals surface area (Å²) >= 11 is 0. The van der Waals surface area contributed by atoms with Crippen LogP contribution in [0, 0.1) is 16.0 Å². The molecular weight excluding hydrogens is 242 g/mol. The highest BCUT2D eigenvalue weighted by Crippen LogP contribution is 2.19. The molecule has 0 aliphatic carbocycles. The molecule has 0 radical (unpaired) electrons. The third kappa shape index (κ3) is 5.70. The number of nitro groups is 1. The third-order valence-electron chi connectivity index (χ3n) is 2.77. The maximum Gasteiger partial charge on any atom is 0.271 e. The average Bonchev–Trinajstić information content (AvgIpc) is 2.27. The van der Waals surface area contributed by atoms with E-state index in [2.05, 4.69) is 24.1 Å². The normalized spacial score (nSPS) is 12.7. The summed E-state index contributed by atoms with van der Waals surface area (Å²) in [5.74, 6) is 0.580. The molecule has 0 amide bonds. The fourth-order valence-electron chi connectivity index (χ4n) is 2.13. The Bertz CT molecular complexity index is 409. The molecule has 1 N–H and O–H groups in total. The molecule has 0 aromatic heterocycles. The van der Waals surface area contributed by atoms with E-state index >= 15 is 0 Å². The smallest absolute Gasteiger partial charge is 0.271 e. The Morgan fingerprint density at radius 2 is 2.05 bits per heavy atom. The number of non-ortho nitro benzene ring substituents is 1. The lowest BCUT2D eigenvalue weighted by Crippen LogP contribution is -2.33. The number of nitrogens with one attached hydrogen (secondary N) is 1. The minimum absolute atomic E-state index is 0.123. The predicted molar refractivity (Wildman–Crippen MR) is 78.5 cm³/mol. The molecule has 0 heterocycles. The summed E-state index contributed by atoms with van der Waals surface area (Å²) in [4.78, 5) is 12.5. The van der Waals surface area contributed by atoms with Crippen molar-refractivity contribution in [2.24, 2.45) is 5.92 Å². The van der Waals surface area contributed by atoms with Gasteiger partial charge in [0.2, 0.25) is 0 Å². The molecule has 19 heavy (non-hydrogen) atoms. The zero-order valence-corrected chi connectivity index (χ0v) is 12.1. The first-order chi connectivity index (χ1) is 8.88. The molecule has 5 nitrogen and oxygen atoms in total. The van der Waals surface area contributed by atoms with E-state index in [-0.39, 0.29) is 16.7 Å². The Kier molecular flexibility index (Phi) is 5.76. The lowest BCUT2D eigenvalue weighted by Gasteiger charge is -2.24. The molecule has 1 unspecified atom stereocenters. The Balaban J connectivity index is 2.77. The Hall–Kier alpha value is -1.62. The number of nitro benzene ring substituents is 1. The summed E-state index contributed by atoms with van der Waals surface area (Å²) in [6.07, 6.45) is 1.03. The van der Waals surface area contributed by atoms with E-state index in [4.69, 9.17) is 0 Å². The Morgan fingerprint density at radius 3 is 2.58 bits per heavy atom. The number of likely N-dealkylation sites (N-methyl/N-ethyl adjacent to an activating group) is 1. The minimum Gasteiger partial charge on any atom is -0.381 e. The number of hydrogen-bond acceptors (Lipinski definition) is 4. The molecule has 1 atom stereocenters. The van der Waals surface area contributed by atoms with E-state index in [1.165, 1.54) is 6.07 Å². The largest absolute Gasteiger partial charge is 0.381 e. The number of rotatable bonds is 7. The van der Waals surface area contributed by atoms with Crippen LogP contribution in [-0.2, 0) is 0 Å². The molecule has 5 heteroatoms. The van der Waals surface area contributed by atoms with Crippen molar-refractivity contribution >= 4 is 11.4 Å². The first kappa shape index (κ1) is 15.4. The average molecular weight is 265 g/mol. The van der Waals surface area contributed by atoms with Gasteiger partial charge in [-0.15, -0.1) is 0 Å². The SMILES string of the molecule is CC(C)CC(CN(C)C)Nc1cccc([N+](=O)[O-])c1. The molecule has 1 aromatic rings. The molecule has 0 spiro atoms. The zero-order chi connectivity index (χ0) is 14.4. The highest BCUT2D eigenvalue weighted by molar-refractivity contribution is 5.51. The van der Waals surface area contributed by atoms with Gasteiger partial charge in [0.25, 0.3) is 5.69 Å². The van der Waals surface area contributed by atoms with Crippen LogP contribution in [-0.4, -0.2) is 36.5 Å². The molecule has 0 aliphatic heterocycles. The van der Waals surface area contributed by atoms with Crippen LogP contribution in [0.15, 0.2) is 24.3 Å². The highest BCUT2D eigenvalue weighted by atomic mass is 16.6. The van der Waals surface area contributed by atoms with Crippen LogP contribution in [0.3, 0.4) is 0 Å². The minimum atomic E-state index is -0.366. The molecule has 0 saturated carbocycles. The number of benzene rings is 1. The lowest BCUT2D eigenvalue weighted by atomic mass is 10.0. The lowest BCUT2D eigenvalue weighted by molar-refractivity contribution is -0.384. The van der Waals surface area contributed by atoms with E-state index in [1.807, 2.05) is 20.2 Å². The van der Waals surface area contributed by atoms with Gasteiger partial charge in [-0.1, -0.05) is 19.9 Å². The molecule has 1 aromatic carbocycles. The van der Waals surface area contributed by atoms with Gasteiger partial charge in [-0.25, -0.2) is 0 Å². The summed E-state index contributed by atoms with van der Waals surface area (Å²) < 4.78 is 0. The van der Waals surface area contributed by atoms with Crippen LogP contribution in [0.4, 0.5) is 11.4 Å². The Morgan fingerprint density at radius 1 is 1.37 bits per heavy atom. The van der Waals surface area contributed by atoms with Crippen molar-refractivity contribution in [1.29, 1.82) is 0 Å². The van der Waals surface area contributed by atoms with Crippen molar-refractivity contribution in [2.45, 2.75) is 26.3 Å². The van der Waals surface area contributed by atoms with Gasteiger partial charge in [0.15, 0.2) is 0 Å². The van der Waals surface area contributed by atoms with E-state index in [0.29, 0.717) is 5.92 Å². The van der Waals surface area contributed by atoms with Gasteiger partial charge < -0.3 is 10.2 Å². The van der Waals surface area contributed by atoms with E-state index in [1.54, 1.807) is 12.1 Å². The molecule has 106 valence electrons. The second kappa shape index (κ2) is 7.09. The maximum absolute atomic E-state index is 10.8. The summed E-state index contributed by atoms with van der Waals surface area (Å²) in [7, 11) is 4.06. The van der Waals surface area contributed by atoms with E-state index in [0.717, 1.165) is 18.7 Å². The predicted octanol–water partition coefficient (Wildman–Crippen LogP) is 2.98. The fourth-order valence-corrected chi connectivity index (χ4v) is 2.13. The molecule has 0 fully saturated rings. The van der Waals surface area contributed by atoms with Crippen molar-refractivity contribution in [3.63, 3.8) is 0 Å². The van der Waals surface area contributed by atoms with Gasteiger partial charge in [-0.3, -0.25) is 10.1 Å². The first-order valence-corrected chi connectivity index (χ1v) is 6.54. The van der Waals surface area contributed by atoms with Crippen molar-refractivity contribution < 1.29 is 4.92 Å². The topological polar surface area (TPSA) is 58.4 Å². The molecular formula is C14H23N3O2. The van der Waals surface area contributed by atoms with Crippen molar-refractivity contribution in [3.8, 4) is 0 Å². The molecule has 0 saturated heterocycles. The fraction of sp³-hybridized carbons (Fsp3) is 0.571. The maximum atomic E-state index is 10.8. The molecule has 0 aliphatic rings.